The average Bonchev–Trinajstić information content (AvgIpc) is 2.73. The number of carboxylic acids is 1. The van der Waals surface area contributed by atoms with Crippen LogP contribution in [0.3, 0.4) is 0 Å². The van der Waals surface area contributed by atoms with Crippen molar-refractivity contribution in [1.29, 1.82) is 0 Å². The summed E-state index contributed by atoms with van der Waals surface area (Å²) in [6, 6.07) is 8.69. The number of benzene rings is 2. The standard InChI is InChI=1S/C14H15F6N.C7H5F3O.C2H4O2/c15-13(16,17)11-4-5-12(14(18,19)20)10(8-11)9-21-6-2-1-3-7-21;8-7(9,10)11-6-4-2-1-3-5-6;1-2(3)4/h4-5,8H,1-3,6-7,9H2;1-5H;1H3,(H,3,4). The van der Waals surface area contributed by atoms with E-state index in [1.54, 1.807) is 11.0 Å². The summed E-state index contributed by atoms with van der Waals surface area (Å²) in [5, 5.41) is 7.42. The molecule has 1 aliphatic rings. The van der Waals surface area contributed by atoms with Crippen molar-refractivity contribution in [2.75, 3.05) is 13.1 Å². The number of para-hydroxylation sites is 1. The maximum atomic E-state index is 12.9. The van der Waals surface area contributed by atoms with Gasteiger partial charge < -0.3 is 9.84 Å². The number of alkyl halides is 9. The fraction of sp³-hybridized carbons (Fsp3) is 0.435. The smallest absolute Gasteiger partial charge is 0.481 e. The molecule has 0 atom stereocenters. The predicted molar refractivity (Wildman–Crippen MR) is 112 cm³/mol. The molecule has 0 aliphatic carbocycles. The lowest BCUT2D eigenvalue weighted by Crippen LogP contribution is -2.30. The zero-order chi connectivity index (χ0) is 27.6. The highest BCUT2D eigenvalue weighted by molar-refractivity contribution is 5.62. The van der Waals surface area contributed by atoms with Crippen molar-refractivity contribution in [3.05, 3.63) is 65.2 Å². The van der Waals surface area contributed by atoms with E-state index < -0.39 is 35.8 Å². The fourth-order valence-electron chi connectivity index (χ4n) is 3.16. The molecule has 1 aliphatic heterocycles. The van der Waals surface area contributed by atoms with E-state index in [2.05, 4.69) is 4.74 Å². The van der Waals surface area contributed by atoms with Crippen molar-refractivity contribution in [1.82, 2.24) is 4.90 Å². The number of piperidine rings is 1. The molecule has 0 bridgehead atoms. The van der Waals surface area contributed by atoms with E-state index in [4.69, 9.17) is 9.90 Å². The minimum Gasteiger partial charge on any atom is -0.481 e. The van der Waals surface area contributed by atoms with E-state index >= 15 is 0 Å². The van der Waals surface area contributed by atoms with Crippen LogP contribution in [0.2, 0.25) is 0 Å². The molecule has 2 aromatic carbocycles. The van der Waals surface area contributed by atoms with E-state index in [1.165, 1.54) is 24.3 Å². The van der Waals surface area contributed by atoms with Gasteiger partial charge in [-0.2, -0.15) is 26.3 Å². The van der Waals surface area contributed by atoms with Crippen molar-refractivity contribution < 1.29 is 54.2 Å². The zero-order valence-corrected chi connectivity index (χ0v) is 19.0. The molecule has 36 heavy (non-hydrogen) atoms. The minimum absolute atomic E-state index is 0.0984. The summed E-state index contributed by atoms with van der Waals surface area (Å²) >= 11 is 0. The number of ether oxygens (including phenoxy) is 1. The van der Waals surface area contributed by atoms with Gasteiger partial charge in [-0.05, 0) is 61.8 Å². The molecule has 1 fully saturated rings. The lowest BCUT2D eigenvalue weighted by atomic mass is 10.0. The van der Waals surface area contributed by atoms with Crippen molar-refractivity contribution in [3.63, 3.8) is 0 Å². The number of hydrogen-bond acceptors (Lipinski definition) is 3. The monoisotopic (exact) mass is 533 g/mol. The summed E-state index contributed by atoms with van der Waals surface area (Å²) < 4.78 is 115. The van der Waals surface area contributed by atoms with Gasteiger partial charge in [0.1, 0.15) is 5.75 Å². The lowest BCUT2D eigenvalue weighted by Gasteiger charge is -2.28. The predicted octanol–water partition coefficient (Wildman–Crippen LogP) is 7.39. The highest BCUT2D eigenvalue weighted by atomic mass is 19.4. The third-order valence-electron chi connectivity index (χ3n) is 4.56. The van der Waals surface area contributed by atoms with Crippen molar-refractivity contribution in [2.24, 2.45) is 0 Å². The zero-order valence-electron chi connectivity index (χ0n) is 19.0. The van der Waals surface area contributed by atoms with Gasteiger partial charge in [-0.15, -0.1) is 13.2 Å². The van der Waals surface area contributed by atoms with Crippen LogP contribution in [0.5, 0.6) is 5.75 Å². The molecular formula is C23H24F9NO3. The Morgan fingerprint density at radius 3 is 1.83 bits per heavy atom. The Bertz CT molecular complexity index is 933. The SMILES string of the molecule is CC(=O)O.FC(F)(F)Oc1ccccc1.FC(F)(F)c1ccc(C(F)(F)F)c(CN2CCCCC2)c1. The molecule has 0 spiro atoms. The molecular weight excluding hydrogens is 509 g/mol. The van der Waals surface area contributed by atoms with Gasteiger partial charge in [0.2, 0.25) is 0 Å². The number of nitrogens with zero attached hydrogens (tertiary/aromatic N) is 1. The first-order valence-electron chi connectivity index (χ1n) is 10.5. The highest BCUT2D eigenvalue weighted by Gasteiger charge is 2.37. The summed E-state index contributed by atoms with van der Waals surface area (Å²) in [6.07, 6.45) is -11.1. The second kappa shape index (κ2) is 13.4. The molecule has 0 aromatic heterocycles. The molecule has 1 heterocycles. The average molecular weight is 533 g/mol. The Kier molecular flexibility index (Phi) is 11.5. The van der Waals surface area contributed by atoms with Crippen LogP contribution < -0.4 is 4.74 Å². The second-order valence-electron chi connectivity index (χ2n) is 7.58. The molecule has 0 amide bonds. The Balaban J connectivity index is 0.000000360. The quantitative estimate of drug-likeness (QED) is 0.418. The number of halogens is 9. The molecule has 1 N–H and O–H groups in total. The number of aliphatic carboxylic acids is 1. The number of likely N-dealkylation sites (tertiary alicyclic amines) is 1. The van der Waals surface area contributed by atoms with Gasteiger partial charge >= 0.3 is 18.7 Å². The number of rotatable bonds is 3. The van der Waals surface area contributed by atoms with Crippen LogP contribution in [0.4, 0.5) is 39.5 Å². The molecule has 1 saturated heterocycles. The van der Waals surface area contributed by atoms with E-state index in [-0.39, 0.29) is 17.9 Å². The van der Waals surface area contributed by atoms with Crippen LogP contribution >= 0.6 is 0 Å². The van der Waals surface area contributed by atoms with Crippen LogP contribution in [0, 0.1) is 0 Å². The summed E-state index contributed by atoms with van der Waals surface area (Å²) in [4.78, 5) is 10.8. The number of carboxylic acid groups (broad SMARTS) is 1. The van der Waals surface area contributed by atoms with Crippen molar-refractivity contribution >= 4 is 5.97 Å². The Hall–Kier alpha value is -2.96. The number of hydrogen-bond donors (Lipinski definition) is 1. The van der Waals surface area contributed by atoms with Gasteiger partial charge in [-0.3, -0.25) is 9.69 Å². The topological polar surface area (TPSA) is 49.8 Å². The normalized spacial score (nSPS) is 14.6. The van der Waals surface area contributed by atoms with Crippen LogP contribution in [0.15, 0.2) is 48.5 Å². The van der Waals surface area contributed by atoms with Crippen LogP contribution in [0.1, 0.15) is 42.9 Å². The summed E-state index contributed by atoms with van der Waals surface area (Å²) in [6.45, 7) is 2.22. The van der Waals surface area contributed by atoms with Crippen LogP contribution in [-0.4, -0.2) is 35.4 Å². The Morgan fingerprint density at radius 1 is 0.861 bits per heavy atom. The van der Waals surface area contributed by atoms with Crippen molar-refractivity contribution in [2.45, 2.75) is 51.4 Å². The second-order valence-corrected chi connectivity index (χ2v) is 7.58. The molecule has 13 heteroatoms. The maximum absolute atomic E-state index is 12.9. The largest absolute Gasteiger partial charge is 0.573 e. The first-order chi connectivity index (χ1) is 16.5. The first-order valence-corrected chi connectivity index (χ1v) is 10.5. The third-order valence-corrected chi connectivity index (χ3v) is 4.56. The van der Waals surface area contributed by atoms with E-state index in [1.807, 2.05) is 0 Å². The molecule has 2 aromatic rings. The van der Waals surface area contributed by atoms with Gasteiger partial charge in [-0.1, -0.05) is 24.6 Å². The molecule has 202 valence electrons. The summed E-state index contributed by atoms with van der Waals surface area (Å²) in [7, 11) is 0. The van der Waals surface area contributed by atoms with Crippen molar-refractivity contribution in [3.8, 4) is 5.75 Å². The Labute approximate surface area is 201 Å². The summed E-state index contributed by atoms with van der Waals surface area (Å²) in [5.74, 6) is -1.03. The Morgan fingerprint density at radius 2 is 1.39 bits per heavy atom. The summed E-state index contributed by atoms with van der Waals surface area (Å²) in [5.41, 5.74) is -2.33. The highest BCUT2D eigenvalue weighted by Crippen LogP contribution is 2.37. The van der Waals surface area contributed by atoms with Gasteiger partial charge in [0, 0.05) is 13.5 Å². The molecule has 4 nitrogen and oxygen atoms in total. The molecule has 0 radical (unpaired) electrons. The van der Waals surface area contributed by atoms with E-state index in [9.17, 15) is 39.5 Å². The van der Waals surface area contributed by atoms with Crippen LogP contribution in [0.25, 0.3) is 0 Å². The molecule has 0 saturated carbocycles. The van der Waals surface area contributed by atoms with Gasteiger partial charge in [0.15, 0.2) is 0 Å². The minimum atomic E-state index is -4.64. The molecule has 3 rings (SSSR count). The van der Waals surface area contributed by atoms with Gasteiger partial charge in [0.25, 0.3) is 5.97 Å². The van der Waals surface area contributed by atoms with Gasteiger partial charge in [0.05, 0.1) is 11.1 Å². The maximum Gasteiger partial charge on any atom is 0.573 e. The van der Waals surface area contributed by atoms with E-state index in [0.717, 1.165) is 26.2 Å². The fourth-order valence-corrected chi connectivity index (χ4v) is 3.16. The lowest BCUT2D eigenvalue weighted by molar-refractivity contribution is -0.274. The van der Waals surface area contributed by atoms with E-state index in [0.29, 0.717) is 31.3 Å². The van der Waals surface area contributed by atoms with Crippen LogP contribution in [-0.2, 0) is 23.7 Å². The third kappa shape index (κ3) is 12.7. The number of carbonyl (C=O) groups is 1. The molecule has 0 unspecified atom stereocenters. The first kappa shape index (κ1) is 31.1. The van der Waals surface area contributed by atoms with Gasteiger partial charge in [-0.25, -0.2) is 0 Å².